The van der Waals surface area contributed by atoms with Crippen LogP contribution in [0, 0.1) is 0 Å². The molecule has 1 aromatic heterocycles. The Bertz CT molecular complexity index is 601. The minimum Gasteiger partial charge on any atom is -0.480 e. The Kier molecular flexibility index (Phi) is 4.49. The molecule has 0 aliphatic carbocycles. The van der Waals surface area contributed by atoms with Crippen molar-refractivity contribution in [2.75, 3.05) is 6.26 Å². The highest BCUT2D eigenvalue weighted by Gasteiger charge is 2.13. The van der Waals surface area contributed by atoms with Gasteiger partial charge in [-0.25, -0.2) is 4.79 Å². The molecule has 0 bridgehead atoms. The monoisotopic (exact) mass is 272 g/mol. The van der Waals surface area contributed by atoms with E-state index in [-0.39, 0.29) is 17.2 Å². The highest BCUT2D eigenvalue weighted by molar-refractivity contribution is 7.98. The number of carboxylic acids is 1. The van der Waals surface area contributed by atoms with Gasteiger partial charge in [0.1, 0.15) is 12.3 Å². The van der Waals surface area contributed by atoms with Gasteiger partial charge in [0, 0.05) is 6.20 Å². The zero-order chi connectivity index (χ0) is 13.9. The fraction of sp³-hybridized carbons (Fsp3) is 0.400. The maximum Gasteiger partial charge on any atom is 0.331 e. The number of carbonyl (C=O) groups excluding carboxylic acids is 1. The van der Waals surface area contributed by atoms with Crippen LogP contribution in [-0.2, 0) is 22.7 Å². The van der Waals surface area contributed by atoms with E-state index in [4.69, 9.17) is 5.11 Å². The molecule has 0 saturated carbocycles. The Balaban J connectivity index is 3.48. The van der Waals surface area contributed by atoms with Gasteiger partial charge in [0.15, 0.2) is 0 Å². The predicted octanol–water partition coefficient (Wildman–Crippen LogP) is -0.595. The lowest BCUT2D eigenvalue weighted by molar-refractivity contribution is -0.137. The summed E-state index contributed by atoms with van der Waals surface area (Å²) in [6, 6.07) is 0. The number of rotatable bonds is 5. The van der Waals surface area contributed by atoms with Gasteiger partial charge in [0.2, 0.25) is 0 Å². The Hall–Kier alpha value is -1.83. The molecule has 1 rings (SSSR count). The van der Waals surface area contributed by atoms with Gasteiger partial charge in [-0.1, -0.05) is 0 Å². The highest BCUT2D eigenvalue weighted by Crippen LogP contribution is 2.06. The van der Waals surface area contributed by atoms with Gasteiger partial charge in [0.05, 0.1) is 11.4 Å². The van der Waals surface area contributed by atoms with Crippen molar-refractivity contribution >= 4 is 23.5 Å². The van der Waals surface area contributed by atoms with Crippen molar-refractivity contribution in [3.05, 3.63) is 27.0 Å². The van der Waals surface area contributed by atoms with E-state index in [0.29, 0.717) is 0 Å². The fourth-order valence-corrected chi connectivity index (χ4v) is 1.91. The lowest BCUT2D eigenvalue weighted by Crippen LogP contribution is -2.42. The van der Waals surface area contributed by atoms with Gasteiger partial charge < -0.3 is 5.11 Å². The summed E-state index contributed by atoms with van der Waals surface area (Å²) < 4.78 is 1.65. The molecule has 0 unspecified atom stereocenters. The number of aromatic nitrogens is 2. The molecule has 1 aromatic rings. The minimum atomic E-state index is -1.20. The van der Waals surface area contributed by atoms with Crippen LogP contribution in [0.4, 0.5) is 0 Å². The van der Waals surface area contributed by atoms with Crippen LogP contribution in [-0.4, -0.2) is 32.2 Å². The van der Waals surface area contributed by atoms with Crippen molar-refractivity contribution < 1.29 is 14.7 Å². The molecule has 0 aromatic carbocycles. The molecule has 0 aliphatic rings. The summed E-state index contributed by atoms with van der Waals surface area (Å²) in [4.78, 5) is 45.5. The van der Waals surface area contributed by atoms with Crippen LogP contribution in [0.5, 0.6) is 0 Å². The van der Waals surface area contributed by atoms with Crippen molar-refractivity contribution in [3.63, 3.8) is 0 Å². The number of aliphatic carboxylic acids is 1. The third-order valence-corrected chi connectivity index (χ3v) is 2.83. The smallest absolute Gasteiger partial charge is 0.331 e. The van der Waals surface area contributed by atoms with E-state index in [1.165, 1.54) is 13.1 Å². The molecule has 0 saturated heterocycles. The molecule has 0 radical (unpaired) electrons. The van der Waals surface area contributed by atoms with Gasteiger partial charge in [-0.05, 0) is 13.2 Å². The van der Waals surface area contributed by atoms with E-state index < -0.39 is 23.8 Å². The number of hydrogen-bond donors (Lipinski definition) is 1. The summed E-state index contributed by atoms with van der Waals surface area (Å²) in [6.07, 6.45) is 2.82. The highest BCUT2D eigenvalue weighted by atomic mass is 32.2. The van der Waals surface area contributed by atoms with Gasteiger partial charge in [-0.15, -0.1) is 11.8 Å². The molecule has 7 nitrogen and oxygen atoms in total. The first-order valence-corrected chi connectivity index (χ1v) is 6.18. The molecule has 18 heavy (non-hydrogen) atoms. The lowest BCUT2D eigenvalue weighted by atomic mass is 10.4. The zero-order valence-corrected chi connectivity index (χ0v) is 10.7. The number of ketones is 1. The maximum atomic E-state index is 11.8. The summed E-state index contributed by atoms with van der Waals surface area (Å²) >= 11 is 1.09. The van der Waals surface area contributed by atoms with Gasteiger partial charge in [-0.2, -0.15) is 0 Å². The Morgan fingerprint density at radius 1 is 1.33 bits per heavy atom. The topological polar surface area (TPSA) is 98.4 Å². The van der Waals surface area contributed by atoms with Crippen LogP contribution in [0.15, 0.2) is 20.7 Å². The first-order chi connectivity index (χ1) is 8.36. The molecular formula is C10H12N2O5S. The largest absolute Gasteiger partial charge is 0.480 e. The van der Waals surface area contributed by atoms with E-state index in [2.05, 4.69) is 0 Å². The van der Waals surface area contributed by atoms with Crippen molar-refractivity contribution in [1.82, 2.24) is 9.13 Å². The van der Waals surface area contributed by atoms with E-state index in [0.717, 1.165) is 20.9 Å². The molecule has 98 valence electrons. The van der Waals surface area contributed by atoms with Gasteiger partial charge in [0.25, 0.3) is 5.56 Å². The summed E-state index contributed by atoms with van der Waals surface area (Å²) in [6.45, 7) is 0.343. The first kappa shape index (κ1) is 14.2. The fourth-order valence-electron chi connectivity index (χ4n) is 1.39. The quantitative estimate of drug-likeness (QED) is 0.719. The zero-order valence-electron chi connectivity index (χ0n) is 9.87. The third-order valence-electron chi connectivity index (χ3n) is 2.11. The molecule has 0 aliphatic heterocycles. The van der Waals surface area contributed by atoms with Crippen LogP contribution < -0.4 is 11.2 Å². The molecule has 0 fully saturated rings. The van der Waals surface area contributed by atoms with Crippen LogP contribution in [0.2, 0.25) is 0 Å². The second-order valence-corrected chi connectivity index (χ2v) is 4.44. The predicted molar refractivity (Wildman–Crippen MR) is 65.1 cm³/mol. The van der Waals surface area contributed by atoms with E-state index in [1.54, 1.807) is 6.26 Å². The standard InChI is InChI=1S/C10H12N2O5S/c1-6(13)3-12-9(16)7(18-2)4-11(10(12)17)5-8(14)15/h4H,3,5H2,1-2H3,(H,14,15). The summed E-state index contributed by atoms with van der Waals surface area (Å²) in [5, 5.41) is 8.68. The summed E-state index contributed by atoms with van der Waals surface area (Å²) in [5.41, 5.74) is -1.38. The van der Waals surface area contributed by atoms with E-state index in [9.17, 15) is 19.2 Å². The second kappa shape index (κ2) is 5.67. The minimum absolute atomic E-state index is 0.220. The van der Waals surface area contributed by atoms with E-state index >= 15 is 0 Å². The van der Waals surface area contributed by atoms with Crippen molar-refractivity contribution in [3.8, 4) is 0 Å². The maximum absolute atomic E-state index is 11.8. The normalized spacial score (nSPS) is 10.3. The third kappa shape index (κ3) is 3.10. The van der Waals surface area contributed by atoms with Gasteiger partial charge in [-0.3, -0.25) is 23.5 Å². The Morgan fingerprint density at radius 2 is 1.94 bits per heavy atom. The molecule has 8 heteroatoms. The molecule has 1 N–H and O–H groups in total. The number of nitrogens with zero attached hydrogens (tertiary/aromatic N) is 2. The number of carbonyl (C=O) groups is 2. The Morgan fingerprint density at radius 3 is 2.39 bits per heavy atom. The average Bonchev–Trinajstić information content (AvgIpc) is 2.27. The van der Waals surface area contributed by atoms with Crippen LogP contribution in [0.25, 0.3) is 0 Å². The van der Waals surface area contributed by atoms with Gasteiger partial charge >= 0.3 is 11.7 Å². The number of thioether (sulfide) groups is 1. The van der Waals surface area contributed by atoms with Crippen LogP contribution in [0.1, 0.15) is 6.92 Å². The first-order valence-electron chi connectivity index (χ1n) is 4.96. The molecular weight excluding hydrogens is 260 g/mol. The van der Waals surface area contributed by atoms with Crippen molar-refractivity contribution in [2.45, 2.75) is 24.9 Å². The number of Topliss-reactive ketones (excluding diaryl/α,β-unsaturated/α-hetero) is 1. The summed E-state index contributed by atoms with van der Waals surface area (Å²) in [7, 11) is 0. The second-order valence-electron chi connectivity index (χ2n) is 3.60. The molecule has 0 spiro atoms. The molecule has 0 atom stereocenters. The van der Waals surface area contributed by atoms with Crippen LogP contribution in [0.3, 0.4) is 0 Å². The summed E-state index contributed by atoms with van der Waals surface area (Å²) in [5.74, 6) is -1.55. The van der Waals surface area contributed by atoms with E-state index in [1.807, 2.05) is 0 Å². The van der Waals surface area contributed by atoms with Crippen molar-refractivity contribution in [2.24, 2.45) is 0 Å². The Labute approximate surface area is 106 Å². The molecule has 0 amide bonds. The van der Waals surface area contributed by atoms with Crippen LogP contribution >= 0.6 is 11.8 Å². The SMILES string of the molecule is CSc1cn(CC(=O)O)c(=O)n(CC(C)=O)c1=O. The molecule has 1 heterocycles. The number of carboxylic acid groups (broad SMARTS) is 1. The lowest BCUT2D eigenvalue weighted by Gasteiger charge is -2.09. The number of hydrogen-bond acceptors (Lipinski definition) is 5. The van der Waals surface area contributed by atoms with Crippen molar-refractivity contribution in [1.29, 1.82) is 0 Å². The average molecular weight is 272 g/mol.